The smallest absolute Gasteiger partial charge is 0.363 e. The predicted molar refractivity (Wildman–Crippen MR) is 88.2 cm³/mol. The van der Waals surface area contributed by atoms with Crippen LogP contribution in [-0.2, 0) is 10.1 Å². The van der Waals surface area contributed by atoms with Crippen molar-refractivity contribution in [3.8, 4) is 5.75 Å². The average Bonchev–Trinajstić information content (AvgIpc) is 2.61. The van der Waals surface area contributed by atoms with Gasteiger partial charge in [0.2, 0.25) is 0 Å². The third-order valence-corrected chi connectivity index (χ3v) is 4.00. The summed E-state index contributed by atoms with van der Waals surface area (Å²) in [5.41, 5.74) is 0.148. The van der Waals surface area contributed by atoms with Gasteiger partial charge >= 0.3 is 11.8 Å². The fourth-order valence-corrected chi connectivity index (χ4v) is 2.67. The largest absolute Gasteiger partial charge is 0.744 e. The predicted octanol–water partition coefficient (Wildman–Crippen LogP) is 3.22. The van der Waals surface area contributed by atoms with E-state index in [-0.39, 0.29) is 0 Å². The van der Waals surface area contributed by atoms with Crippen LogP contribution in [0, 0.1) is 10.1 Å². The van der Waals surface area contributed by atoms with Gasteiger partial charge in [-0.05, 0) is 12.1 Å². The summed E-state index contributed by atoms with van der Waals surface area (Å²) in [5, 5.41) is 11.3. The molecule has 0 saturated heterocycles. The van der Waals surface area contributed by atoms with Crippen molar-refractivity contribution in [2.75, 3.05) is 7.11 Å². The second-order valence-corrected chi connectivity index (χ2v) is 6.01. The van der Waals surface area contributed by atoms with E-state index in [9.17, 15) is 23.1 Å². The van der Waals surface area contributed by atoms with Crippen molar-refractivity contribution in [3.63, 3.8) is 0 Å². The number of nitrogens with zero attached hydrogens (tertiary/aromatic N) is 1. The van der Waals surface area contributed by atoms with Gasteiger partial charge in [-0.2, -0.15) is 0 Å². The first-order chi connectivity index (χ1) is 11.8. The number of fused-ring (bicyclic) bond motifs is 1. The lowest BCUT2D eigenvalue weighted by atomic mass is 10.2. The summed E-state index contributed by atoms with van der Waals surface area (Å²) < 4.78 is 41.9. The molecule has 0 amide bonds. The first kappa shape index (κ1) is 18.3. The molecular weight excluding hydrogens is 350 g/mol. The van der Waals surface area contributed by atoms with Crippen LogP contribution in [0.5, 0.6) is 5.75 Å². The van der Waals surface area contributed by atoms with Crippen LogP contribution < -0.4 is 4.74 Å². The van der Waals surface area contributed by atoms with Crippen LogP contribution >= 0.6 is 0 Å². The van der Waals surface area contributed by atoms with E-state index in [0.29, 0.717) is 0 Å². The minimum Gasteiger partial charge on any atom is -0.744 e. The fraction of sp³-hybridized carbons (Fsp3) is 0.0625. The summed E-state index contributed by atoms with van der Waals surface area (Å²) >= 11 is 0. The first-order valence-electron chi connectivity index (χ1n) is 6.87. The normalized spacial score (nSPS) is 10.6. The van der Waals surface area contributed by atoms with E-state index in [2.05, 4.69) is 0 Å². The molecule has 3 aromatic rings. The Morgan fingerprint density at radius 3 is 2.28 bits per heavy atom. The van der Waals surface area contributed by atoms with Gasteiger partial charge < -0.3 is 9.29 Å². The van der Waals surface area contributed by atoms with Crippen molar-refractivity contribution in [1.82, 2.24) is 0 Å². The van der Waals surface area contributed by atoms with Crippen LogP contribution in [0.4, 0.5) is 5.69 Å². The van der Waals surface area contributed by atoms with Gasteiger partial charge in [-0.25, -0.2) is 12.8 Å². The summed E-state index contributed by atoms with van der Waals surface area (Å²) in [6.45, 7) is 0. The van der Waals surface area contributed by atoms with Crippen molar-refractivity contribution < 1.29 is 27.0 Å². The second-order valence-electron chi connectivity index (χ2n) is 4.66. The third kappa shape index (κ3) is 4.49. The van der Waals surface area contributed by atoms with E-state index >= 15 is 0 Å². The molecule has 0 N–H and O–H groups in total. The Morgan fingerprint density at radius 2 is 1.68 bits per heavy atom. The number of nitro benzene ring substituents is 1. The van der Waals surface area contributed by atoms with Crippen LogP contribution in [0.15, 0.2) is 70.2 Å². The molecule has 8 nitrogen and oxygen atoms in total. The zero-order valence-electron chi connectivity index (χ0n) is 13.0. The number of benzene rings is 2. The second kappa shape index (κ2) is 7.69. The van der Waals surface area contributed by atoms with Gasteiger partial charge in [0.15, 0.2) is 0 Å². The standard InChI is InChI=1S/C10H9O2.C6H5NO5S/c1-11-9-6-7-12-10-5-3-2-4-8(9)10;8-7(9)5-3-1-2-4-6(5)13(10,11)12/h2-7H,1H3;1-4H,(H,10,11,12)/q+1;/p-1. The lowest BCUT2D eigenvalue weighted by Crippen LogP contribution is -2.02. The quantitative estimate of drug-likeness (QED) is 0.303. The van der Waals surface area contributed by atoms with Gasteiger partial charge in [0.25, 0.3) is 5.69 Å². The zero-order chi connectivity index (χ0) is 18.4. The zero-order valence-corrected chi connectivity index (χ0v) is 13.8. The van der Waals surface area contributed by atoms with Crippen molar-refractivity contribution >= 4 is 26.8 Å². The molecule has 0 aliphatic heterocycles. The number of ether oxygens (including phenoxy) is 1. The SMILES string of the molecule is COc1cc[o+]c2ccccc12.O=[N+]([O-])c1ccccc1S(=O)(=O)[O-]. The van der Waals surface area contributed by atoms with Gasteiger partial charge in [-0.15, -0.1) is 0 Å². The molecule has 0 radical (unpaired) electrons. The maximum Gasteiger partial charge on any atom is 0.363 e. The number of hydrogen-bond donors (Lipinski definition) is 0. The molecule has 0 aliphatic carbocycles. The highest BCUT2D eigenvalue weighted by Crippen LogP contribution is 2.24. The van der Waals surface area contributed by atoms with Crippen molar-refractivity contribution in [3.05, 3.63) is 71.0 Å². The molecule has 0 unspecified atom stereocenters. The minimum atomic E-state index is -4.77. The minimum absolute atomic E-state index is 0.697. The number of rotatable bonds is 3. The van der Waals surface area contributed by atoms with Crippen LogP contribution in [-0.4, -0.2) is 25.0 Å². The summed E-state index contributed by atoms with van der Waals surface area (Å²) in [6, 6.07) is 14.0. The molecule has 2 aromatic carbocycles. The third-order valence-electron chi connectivity index (χ3n) is 3.12. The molecule has 3 rings (SSSR count). The molecule has 0 bridgehead atoms. The summed E-state index contributed by atoms with van der Waals surface area (Å²) in [5.74, 6) is 0.844. The highest BCUT2D eigenvalue weighted by Gasteiger charge is 2.16. The van der Waals surface area contributed by atoms with E-state index in [4.69, 9.17) is 9.15 Å². The average molecular weight is 363 g/mol. The summed E-state index contributed by atoms with van der Waals surface area (Å²) in [7, 11) is -3.12. The van der Waals surface area contributed by atoms with Crippen LogP contribution in [0.25, 0.3) is 11.0 Å². The first-order valence-corrected chi connectivity index (χ1v) is 8.28. The topological polar surface area (TPSA) is 121 Å². The van der Waals surface area contributed by atoms with Crippen molar-refractivity contribution in [2.24, 2.45) is 0 Å². The molecule has 0 fully saturated rings. The van der Waals surface area contributed by atoms with Gasteiger partial charge in [0.1, 0.15) is 26.1 Å². The van der Waals surface area contributed by atoms with Gasteiger partial charge in [-0.3, -0.25) is 10.1 Å². The molecule has 1 aromatic heterocycles. The van der Waals surface area contributed by atoms with E-state index in [0.717, 1.165) is 28.9 Å². The maximum absolute atomic E-state index is 10.5. The van der Waals surface area contributed by atoms with Crippen LogP contribution in [0.3, 0.4) is 0 Å². The Morgan fingerprint density at radius 1 is 1.04 bits per heavy atom. The van der Waals surface area contributed by atoms with Gasteiger partial charge in [0, 0.05) is 12.1 Å². The van der Waals surface area contributed by atoms with E-state index in [1.165, 1.54) is 12.1 Å². The maximum atomic E-state index is 10.5. The molecule has 0 spiro atoms. The fourth-order valence-electron chi connectivity index (χ4n) is 2.03. The lowest BCUT2D eigenvalue weighted by Gasteiger charge is -2.06. The number of hydrogen-bond acceptors (Lipinski definition) is 6. The van der Waals surface area contributed by atoms with Crippen LogP contribution in [0.1, 0.15) is 0 Å². The molecule has 0 saturated carbocycles. The molecule has 0 atom stereocenters. The molecule has 1 heterocycles. The highest BCUT2D eigenvalue weighted by atomic mass is 32.2. The summed E-state index contributed by atoms with van der Waals surface area (Å²) in [6.07, 6.45) is 1.63. The number of nitro groups is 1. The van der Waals surface area contributed by atoms with E-state index < -0.39 is 25.6 Å². The summed E-state index contributed by atoms with van der Waals surface area (Å²) in [4.78, 5) is 8.55. The number of para-hydroxylation sites is 2. The highest BCUT2D eigenvalue weighted by molar-refractivity contribution is 7.85. The Balaban J connectivity index is 0.000000181. The Bertz CT molecular complexity index is 997. The molecule has 130 valence electrons. The van der Waals surface area contributed by atoms with E-state index in [1.54, 1.807) is 13.4 Å². The monoisotopic (exact) mass is 363 g/mol. The Labute approximate surface area is 143 Å². The number of methoxy groups -OCH3 is 1. The molecule has 25 heavy (non-hydrogen) atoms. The van der Waals surface area contributed by atoms with Gasteiger partial charge in [0.05, 0.1) is 18.1 Å². The van der Waals surface area contributed by atoms with Crippen molar-refractivity contribution in [1.29, 1.82) is 0 Å². The molecule has 9 heteroatoms. The Kier molecular flexibility index (Phi) is 5.63. The molecular formula is C16H13NO7S. The Hall–Kier alpha value is -3.04. The van der Waals surface area contributed by atoms with Crippen molar-refractivity contribution in [2.45, 2.75) is 4.90 Å². The van der Waals surface area contributed by atoms with Gasteiger partial charge in [-0.1, -0.05) is 24.3 Å². The molecule has 0 aliphatic rings. The van der Waals surface area contributed by atoms with E-state index in [1.807, 2.05) is 30.3 Å². The lowest BCUT2D eigenvalue weighted by molar-refractivity contribution is -0.387. The van der Waals surface area contributed by atoms with Crippen LogP contribution in [0.2, 0.25) is 0 Å².